The number of carboxylic acid groups (broad SMARTS) is 1. The molecule has 1 aliphatic carbocycles. The first kappa shape index (κ1) is 20.5. The molecule has 9 heteroatoms. The van der Waals surface area contributed by atoms with Crippen molar-refractivity contribution < 1.29 is 9.90 Å². The molecule has 0 radical (unpaired) electrons. The molecule has 0 saturated heterocycles. The number of hydrogen-bond acceptors (Lipinski definition) is 5. The second kappa shape index (κ2) is 7.82. The van der Waals surface area contributed by atoms with Crippen molar-refractivity contribution in [1.82, 2.24) is 19.6 Å². The van der Waals surface area contributed by atoms with Crippen molar-refractivity contribution >= 4 is 17.1 Å². The number of fused-ring (bicyclic) bond motifs is 2. The van der Waals surface area contributed by atoms with Gasteiger partial charge < -0.3 is 5.11 Å². The van der Waals surface area contributed by atoms with E-state index in [1.165, 1.54) is 4.68 Å². The van der Waals surface area contributed by atoms with Crippen molar-refractivity contribution in [2.75, 3.05) is 5.01 Å². The Morgan fingerprint density at radius 2 is 2.00 bits per heavy atom. The summed E-state index contributed by atoms with van der Waals surface area (Å²) in [5.41, 5.74) is 2.26. The zero-order chi connectivity index (χ0) is 22.3. The lowest BCUT2D eigenvalue weighted by molar-refractivity contribution is 0.191. The Hall–Kier alpha value is -3.75. The van der Waals surface area contributed by atoms with Crippen LogP contribution in [0.15, 0.2) is 45.5 Å². The maximum Gasteiger partial charge on any atom is 0.426 e. The van der Waals surface area contributed by atoms with Crippen molar-refractivity contribution in [2.24, 2.45) is 0 Å². The summed E-state index contributed by atoms with van der Waals surface area (Å²) in [7, 11) is 0. The summed E-state index contributed by atoms with van der Waals surface area (Å²) in [5, 5.41) is 11.3. The third-order valence-corrected chi connectivity index (χ3v) is 5.59. The molecule has 3 aliphatic rings. The van der Waals surface area contributed by atoms with Crippen LogP contribution in [-0.2, 0) is 0 Å². The van der Waals surface area contributed by atoms with Gasteiger partial charge >= 0.3 is 11.8 Å². The summed E-state index contributed by atoms with van der Waals surface area (Å²) >= 11 is 0. The van der Waals surface area contributed by atoms with Gasteiger partial charge in [0.2, 0.25) is 0 Å². The Labute approximate surface area is 177 Å². The highest BCUT2D eigenvalue weighted by Crippen LogP contribution is 2.27. The van der Waals surface area contributed by atoms with Crippen LogP contribution in [0.5, 0.6) is 0 Å². The molecule has 2 N–H and O–H groups in total. The standard InChI is InChI=1S/C22H23N5O4/c1-12-9-16-17(10-13(12)2)27(19-18(23-16)20(28)25-21(29)24-19)26(22(30)31)14(3)11-15-7-5-4-6-8-15/h4-5,7,9-10,14H,6,8,11H2,1-3H3,(H,30,31)(H,25,28,29). The fraction of sp³-hybridized carbons (Fsp3) is 0.318. The summed E-state index contributed by atoms with van der Waals surface area (Å²) in [6, 6.07) is 3.12. The minimum atomic E-state index is -1.22. The van der Waals surface area contributed by atoms with Crippen LogP contribution in [0.3, 0.4) is 0 Å². The van der Waals surface area contributed by atoms with Gasteiger partial charge in [-0.15, -0.1) is 0 Å². The number of hydrogen-bond donors (Lipinski definition) is 2. The maximum absolute atomic E-state index is 12.5. The number of rotatable bonds is 4. The predicted octanol–water partition coefficient (Wildman–Crippen LogP) is 2.87. The van der Waals surface area contributed by atoms with E-state index in [1.807, 2.05) is 26.0 Å². The first-order chi connectivity index (χ1) is 14.8. The highest BCUT2D eigenvalue weighted by molar-refractivity contribution is 5.86. The molecule has 2 aliphatic heterocycles. The van der Waals surface area contributed by atoms with Crippen LogP contribution in [0.2, 0.25) is 0 Å². The van der Waals surface area contributed by atoms with E-state index in [0.717, 1.165) is 34.6 Å². The largest absolute Gasteiger partial charge is 0.464 e. The van der Waals surface area contributed by atoms with Crippen LogP contribution in [0.25, 0.3) is 22.6 Å². The molecule has 1 aromatic carbocycles. The quantitative estimate of drug-likeness (QED) is 0.625. The van der Waals surface area contributed by atoms with Gasteiger partial charge in [-0.3, -0.25) is 9.78 Å². The molecule has 1 atom stereocenters. The molecule has 0 bridgehead atoms. The average Bonchev–Trinajstić information content (AvgIpc) is 2.70. The summed E-state index contributed by atoms with van der Waals surface area (Å²) in [6.45, 7) is 5.61. The van der Waals surface area contributed by atoms with Crippen molar-refractivity contribution in [3.63, 3.8) is 0 Å². The zero-order valence-corrected chi connectivity index (χ0v) is 17.5. The number of aromatic amines is 1. The van der Waals surface area contributed by atoms with Gasteiger partial charge in [0.1, 0.15) is 0 Å². The zero-order valence-electron chi connectivity index (χ0n) is 17.5. The van der Waals surface area contributed by atoms with Gasteiger partial charge in [0.05, 0.1) is 17.1 Å². The van der Waals surface area contributed by atoms with Crippen LogP contribution < -0.4 is 16.3 Å². The second-order valence-corrected chi connectivity index (χ2v) is 7.86. The van der Waals surface area contributed by atoms with Gasteiger partial charge in [-0.05, 0) is 63.3 Å². The number of aryl methyl sites for hydroxylation is 2. The smallest absolute Gasteiger partial charge is 0.426 e. The van der Waals surface area contributed by atoms with Gasteiger partial charge in [-0.25, -0.2) is 24.3 Å². The number of nitrogens with zero attached hydrogens (tertiary/aromatic N) is 4. The van der Waals surface area contributed by atoms with Crippen LogP contribution in [0.4, 0.5) is 4.79 Å². The van der Waals surface area contributed by atoms with E-state index in [9.17, 15) is 19.5 Å². The third kappa shape index (κ3) is 3.74. The van der Waals surface area contributed by atoms with E-state index in [4.69, 9.17) is 0 Å². The Kier molecular flexibility index (Phi) is 5.18. The minimum absolute atomic E-state index is 0.0868. The number of aromatic nitrogens is 4. The Morgan fingerprint density at radius 1 is 1.26 bits per heavy atom. The number of H-pyrrole nitrogens is 1. The van der Waals surface area contributed by atoms with Gasteiger partial charge in [0.25, 0.3) is 5.56 Å². The molecule has 0 saturated carbocycles. The topological polar surface area (TPSA) is 121 Å². The van der Waals surface area contributed by atoms with E-state index in [0.29, 0.717) is 17.5 Å². The lowest BCUT2D eigenvalue weighted by Gasteiger charge is -2.32. The van der Waals surface area contributed by atoms with Crippen LogP contribution in [0, 0.1) is 13.8 Å². The average molecular weight is 421 g/mol. The fourth-order valence-electron chi connectivity index (χ4n) is 3.94. The monoisotopic (exact) mass is 421 g/mol. The van der Waals surface area contributed by atoms with Gasteiger partial charge in [-0.1, -0.05) is 23.8 Å². The van der Waals surface area contributed by atoms with Crippen molar-refractivity contribution in [2.45, 2.75) is 46.1 Å². The number of nitrogens with one attached hydrogen (secondary N) is 1. The lowest BCUT2D eigenvalue weighted by Crippen LogP contribution is -2.48. The first-order valence-corrected chi connectivity index (χ1v) is 10.1. The number of amides is 1. The number of allylic oxidation sites excluding steroid dienone is 3. The highest BCUT2D eigenvalue weighted by Gasteiger charge is 2.29. The summed E-state index contributed by atoms with van der Waals surface area (Å²) in [5.74, 6) is -0.0868. The van der Waals surface area contributed by atoms with E-state index in [-0.39, 0.29) is 11.5 Å². The number of benzene rings is 1. The molecule has 160 valence electrons. The van der Waals surface area contributed by atoms with Crippen LogP contribution >= 0.6 is 0 Å². The van der Waals surface area contributed by atoms with E-state index < -0.39 is 23.4 Å². The Bertz CT molecular complexity index is 1330. The normalized spacial score (nSPS) is 14.6. The minimum Gasteiger partial charge on any atom is -0.464 e. The molecule has 0 spiro atoms. The summed E-state index contributed by atoms with van der Waals surface area (Å²) < 4.78 is 1.34. The van der Waals surface area contributed by atoms with Crippen LogP contribution in [-0.4, -0.2) is 36.9 Å². The molecule has 1 aromatic rings. The van der Waals surface area contributed by atoms with E-state index >= 15 is 0 Å². The first-order valence-electron chi connectivity index (χ1n) is 10.1. The second-order valence-electron chi connectivity index (χ2n) is 7.86. The van der Waals surface area contributed by atoms with Crippen molar-refractivity contribution in [3.05, 3.63) is 67.9 Å². The van der Waals surface area contributed by atoms with E-state index in [1.54, 1.807) is 19.1 Å². The predicted molar refractivity (Wildman–Crippen MR) is 117 cm³/mol. The molecule has 0 aromatic heterocycles. The maximum atomic E-state index is 12.5. The molecule has 0 fully saturated rings. The molecule has 4 rings (SSSR count). The van der Waals surface area contributed by atoms with Crippen LogP contribution in [0.1, 0.15) is 37.3 Å². The Balaban J connectivity index is 2.01. The molecule has 31 heavy (non-hydrogen) atoms. The van der Waals surface area contributed by atoms with Gasteiger partial charge in [-0.2, -0.15) is 4.98 Å². The van der Waals surface area contributed by atoms with Crippen molar-refractivity contribution in [3.8, 4) is 11.5 Å². The molecular formula is C22H23N5O4. The van der Waals surface area contributed by atoms with Crippen molar-refractivity contribution in [1.29, 1.82) is 0 Å². The Morgan fingerprint density at radius 3 is 2.68 bits per heavy atom. The third-order valence-electron chi connectivity index (χ3n) is 5.59. The van der Waals surface area contributed by atoms with E-state index in [2.05, 4.69) is 21.0 Å². The lowest BCUT2D eigenvalue weighted by atomic mass is 9.98. The highest BCUT2D eigenvalue weighted by atomic mass is 16.4. The van der Waals surface area contributed by atoms with Gasteiger partial charge in [0.15, 0.2) is 11.5 Å². The molecule has 2 heterocycles. The van der Waals surface area contributed by atoms with Gasteiger partial charge in [0, 0.05) is 0 Å². The summed E-state index contributed by atoms with van der Waals surface area (Å²) in [6.07, 6.45) is 7.10. The molecule has 1 amide bonds. The summed E-state index contributed by atoms with van der Waals surface area (Å²) in [4.78, 5) is 47.4. The molecule has 9 nitrogen and oxygen atoms in total. The molecular weight excluding hydrogens is 398 g/mol. The fourth-order valence-corrected chi connectivity index (χ4v) is 3.94. The SMILES string of the molecule is Cc1cc2nc3c(=O)[nH]c(=O)nc-3n(N(C(=O)O)C(C)CC3=CC=CCC3)c2cc1C. The number of carbonyl (C=O) groups is 1. The molecule has 1 unspecified atom stereocenters.